The first-order valence-electron chi connectivity index (χ1n) is 8.13. The summed E-state index contributed by atoms with van der Waals surface area (Å²) in [7, 11) is 0. The number of aromatic nitrogens is 2. The Kier molecular flexibility index (Phi) is 5.37. The highest BCUT2D eigenvalue weighted by Crippen LogP contribution is 2.30. The number of ether oxygens (including phenoxy) is 1. The molecule has 2 amide bonds. The first kappa shape index (κ1) is 16.8. The normalized spacial score (nSPS) is 20.1. The van der Waals surface area contributed by atoms with Gasteiger partial charge in [-0.3, -0.25) is 5.32 Å². The van der Waals surface area contributed by atoms with Crippen LogP contribution in [0.15, 0.2) is 36.5 Å². The molecule has 3 rings (SSSR count). The minimum atomic E-state index is -0.248. The third-order valence-electron chi connectivity index (χ3n) is 4.00. The zero-order valence-electron chi connectivity index (χ0n) is 13.5. The molecule has 1 aromatic heterocycles. The van der Waals surface area contributed by atoms with Crippen molar-refractivity contribution in [3.8, 4) is 0 Å². The van der Waals surface area contributed by atoms with Crippen LogP contribution in [0.25, 0.3) is 0 Å². The molecular weight excluding hydrogens is 328 g/mol. The molecule has 0 aliphatic carbocycles. The third-order valence-corrected chi connectivity index (χ3v) is 4.25. The second-order valence-corrected chi connectivity index (χ2v) is 6.21. The molecule has 0 radical (unpaired) electrons. The number of nitrogens with one attached hydrogen (secondary N) is 2. The zero-order chi connectivity index (χ0) is 16.9. The number of nitrogens with zero attached hydrogens (tertiary/aromatic N) is 2. The molecule has 6 nitrogen and oxygen atoms in total. The van der Waals surface area contributed by atoms with E-state index in [0.717, 1.165) is 24.9 Å². The Morgan fingerprint density at radius 2 is 2.17 bits per heavy atom. The molecule has 0 unspecified atom stereocenters. The van der Waals surface area contributed by atoms with Gasteiger partial charge in [0.25, 0.3) is 0 Å². The maximum Gasteiger partial charge on any atom is 0.320 e. The SMILES string of the molecule is CCCn1nccc1NC(=O)N[C@@H]1CCO[C@@H]1c1ccc(Cl)cc1. The molecule has 2 atom stereocenters. The van der Waals surface area contributed by atoms with Crippen LogP contribution in [0.5, 0.6) is 0 Å². The Morgan fingerprint density at radius 3 is 2.92 bits per heavy atom. The predicted molar refractivity (Wildman–Crippen MR) is 93.2 cm³/mol. The summed E-state index contributed by atoms with van der Waals surface area (Å²) in [5.41, 5.74) is 1.01. The van der Waals surface area contributed by atoms with Crippen LogP contribution in [0.3, 0.4) is 0 Å². The fourth-order valence-electron chi connectivity index (χ4n) is 2.87. The number of carbonyl (C=O) groups excluding carboxylic acids is 1. The van der Waals surface area contributed by atoms with E-state index in [1.54, 1.807) is 16.9 Å². The van der Waals surface area contributed by atoms with Crippen LogP contribution in [0, 0.1) is 0 Å². The summed E-state index contributed by atoms with van der Waals surface area (Å²) in [5.74, 6) is 0.691. The average molecular weight is 349 g/mol. The summed E-state index contributed by atoms with van der Waals surface area (Å²) in [5, 5.41) is 10.7. The van der Waals surface area contributed by atoms with Gasteiger partial charge in [-0.2, -0.15) is 5.10 Å². The van der Waals surface area contributed by atoms with Crippen molar-refractivity contribution in [1.82, 2.24) is 15.1 Å². The molecule has 2 aromatic rings. The highest BCUT2D eigenvalue weighted by Gasteiger charge is 2.31. The molecule has 128 valence electrons. The van der Waals surface area contributed by atoms with Crippen molar-refractivity contribution in [3.05, 3.63) is 47.1 Å². The van der Waals surface area contributed by atoms with Gasteiger partial charge in [0.2, 0.25) is 0 Å². The molecule has 1 aromatic carbocycles. The van der Waals surface area contributed by atoms with Crippen LogP contribution in [-0.4, -0.2) is 28.5 Å². The lowest BCUT2D eigenvalue weighted by molar-refractivity contribution is 0.100. The number of hydrogen-bond donors (Lipinski definition) is 2. The predicted octanol–water partition coefficient (Wildman–Crippen LogP) is 3.60. The van der Waals surface area contributed by atoms with Gasteiger partial charge in [0.15, 0.2) is 0 Å². The van der Waals surface area contributed by atoms with Crippen molar-refractivity contribution in [1.29, 1.82) is 0 Å². The van der Waals surface area contributed by atoms with Gasteiger partial charge in [0, 0.05) is 24.2 Å². The monoisotopic (exact) mass is 348 g/mol. The second kappa shape index (κ2) is 7.68. The molecule has 1 aliphatic rings. The van der Waals surface area contributed by atoms with Gasteiger partial charge in [-0.15, -0.1) is 0 Å². The van der Waals surface area contributed by atoms with E-state index in [0.29, 0.717) is 17.4 Å². The number of carbonyl (C=O) groups is 1. The summed E-state index contributed by atoms with van der Waals surface area (Å²) in [6.07, 6.45) is 3.25. The lowest BCUT2D eigenvalue weighted by Gasteiger charge is -2.20. The van der Waals surface area contributed by atoms with Gasteiger partial charge in [0.05, 0.1) is 12.2 Å². The molecule has 0 saturated carbocycles. The van der Waals surface area contributed by atoms with Crippen LogP contribution in [0.4, 0.5) is 10.6 Å². The quantitative estimate of drug-likeness (QED) is 0.867. The topological polar surface area (TPSA) is 68.2 Å². The zero-order valence-corrected chi connectivity index (χ0v) is 14.3. The summed E-state index contributed by atoms with van der Waals surface area (Å²) in [6, 6.07) is 8.99. The summed E-state index contributed by atoms with van der Waals surface area (Å²) < 4.78 is 7.57. The largest absolute Gasteiger partial charge is 0.371 e. The fourth-order valence-corrected chi connectivity index (χ4v) is 2.99. The Morgan fingerprint density at radius 1 is 1.38 bits per heavy atom. The molecule has 0 spiro atoms. The van der Waals surface area contributed by atoms with Gasteiger partial charge in [-0.05, 0) is 30.5 Å². The molecule has 24 heavy (non-hydrogen) atoms. The van der Waals surface area contributed by atoms with Crippen molar-refractivity contribution in [2.24, 2.45) is 0 Å². The van der Waals surface area contributed by atoms with Crippen molar-refractivity contribution >= 4 is 23.4 Å². The minimum absolute atomic E-state index is 0.0753. The van der Waals surface area contributed by atoms with E-state index in [2.05, 4.69) is 22.7 Å². The maximum absolute atomic E-state index is 12.3. The van der Waals surface area contributed by atoms with E-state index >= 15 is 0 Å². The Bertz CT molecular complexity index is 686. The number of benzene rings is 1. The summed E-state index contributed by atoms with van der Waals surface area (Å²) in [6.45, 7) is 3.45. The first-order valence-corrected chi connectivity index (χ1v) is 8.51. The Balaban J connectivity index is 1.62. The van der Waals surface area contributed by atoms with Gasteiger partial charge in [-0.1, -0.05) is 30.7 Å². The van der Waals surface area contributed by atoms with Gasteiger partial charge in [0.1, 0.15) is 11.9 Å². The number of anilines is 1. The van der Waals surface area contributed by atoms with E-state index in [9.17, 15) is 4.79 Å². The van der Waals surface area contributed by atoms with Crippen molar-refractivity contribution < 1.29 is 9.53 Å². The maximum atomic E-state index is 12.3. The molecular formula is C17H21ClN4O2. The first-order chi connectivity index (χ1) is 11.7. The standard InChI is InChI=1S/C17H21ClN4O2/c1-2-10-22-15(7-9-19-22)21-17(23)20-14-8-11-24-16(14)12-3-5-13(18)6-4-12/h3-7,9,14,16H,2,8,10-11H2,1H3,(H2,20,21,23)/t14-,16-/m1/s1. The van der Waals surface area contributed by atoms with Crippen LogP contribution < -0.4 is 10.6 Å². The van der Waals surface area contributed by atoms with Crippen LogP contribution in [0.1, 0.15) is 31.4 Å². The molecule has 7 heteroatoms. The number of rotatable bonds is 5. The molecule has 1 fully saturated rings. The van der Waals surface area contributed by atoms with Crippen LogP contribution in [-0.2, 0) is 11.3 Å². The van der Waals surface area contributed by atoms with E-state index in [4.69, 9.17) is 16.3 Å². The summed E-state index contributed by atoms with van der Waals surface area (Å²) in [4.78, 5) is 12.3. The van der Waals surface area contributed by atoms with Crippen molar-refractivity contribution in [2.45, 2.75) is 38.5 Å². The third kappa shape index (κ3) is 3.88. The highest BCUT2D eigenvalue weighted by atomic mass is 35.5. The smallest absolute Gasteiger partial charge is 0.320 e. The fraction of sp³-hybridized carbons (Fsp3) is 0.412. The molecule has 2 heterocycles. The number of halogens is 1. The Labute approximate surface area is 146 Å². The second-order valence-electron chi connectivity index (χ2n) is 5.78. The van der Waals surface area contributed by atoms with Crippen LogP contribution in [0.2, 0.25) is 5.02 Å². The van der Waals surface area contributed by atoms with E-state index in [1.807, 2.05) is 24.3 Å². The lowest BCUT2D eigenvalue weighted by atomic mass is 10.0. The number of amides is 2. The minimum Gasteiger partial charge on any atom is -0.371 e. The van der Waals surface area contributed by atoms with E-state index in [1.165, 1.54) is 0 Å². The molecule has 2 N–H and O–H groups in total. The van der Waals surface area contributed by atoms with Gasteiger partial charge < -0.3 is 10.1 Å². The average Bonchev–Trinajstić information content (AvgIpc) is 3.19. The van der Waals surface area contributed by atoms with E-state index < -0.39 is 0 Å². The molecule has 1 saturated heterocycles. The van der Waals surface area contributed by atoms with Gasteiger partial charge >= 0.3 is 6.03 Å². The summed E-state index contributed by atoms with van der Waals surface area (Å²) >= 11 is 5.93. The Hall–Kier alpha value is -2.05. The van der Waals surface area contributed by atoms with E-state index in [-0.39, 0.29) is 18.2 Å². The lowest BCUT2D eigenvalue weighted by Crippen LogP contribution is -2.40. The van der Waals surface area contributed by atoms with Crippen molar-refractivity contribution in [2.75, 3.05) is 11.9 Å². The molecule has 0 bridgehead atoms. The highest BCUT2D eigenvalue weighted by molar-refractivity contribution is 6.30. The van der Waals surface area contributed by atoms with Crippen molar-refractivity contribution in [3.63, 3.8) is 0 Å². The number of aryl methyl sites for hydroxylation is 1. The van der Waals surface area contributed by atoms with Gasteiger partial charge in [-0.25, -0.2) is 9.48 Å². The number of hydrogen-bond acceptors (Lipinski definition) is 3. The van der Waals surface area contributed by atoms with Crippen LogP contribution >= 0.6 is 11.6 Å². The number of urea groups is 1. The molecule has 1 aliphatic heterocycles.